The summed E-state index contributed by atoms with van der Waals surface area (Å²) in [7, 11) is 0. The molecule has 0 saturated heterocycles. The van der Waals surface area contributed by atoms with Crippen LogP contribution in [0.4, 0.5) is 8.78 Å². The topological polar surface area (TPSA) is 32.3 Å². The monoisotopic (exact) mass is 229 g/mol. The van der Waals surface area contributed by atoms with Crippen LogP contribution in [-0.4, -0.2) is 17.8 Å². The van der Waals surface area contributed by atoms with Crippen LogP contribution in [0.2, 0.25) is 0 Å². The average Bonchev–Trinajstić information content (AvgIpc) is 2.22. The van der Waals surface area contributed by atoms with E-state index in [4.69, 9.17) is 0 Å². The Bertz CT molecular complexity index is 322. The zero-order valence-electron chi connectivity index (χ0n) is 9.50. The van der Waals surface area contributed by atoms with Crippen molar-refractivity contribution in [3.63, 3.8) is 0 Å². The number of halogens is 2. The summed E-state index contributed by atoms with van der Waals surface area (Å²) in [6.07, 6.45) is -0.505. The number of hydrogen-bond donors (Lipinski definition) is 2. The van der Waals surface area contributed by atoms with Crippen LogP contribution in [0.1, 0.15) is 19.4 Å². The molecule has 0 aliphatic heterocycles. The molecule has 0 amide bonds. The average molecular weight is 229 g/mol. The lowest BCUT2D eigenvalue weighted by Gasteiger charge is -2.15. The van der Waals surface area contributed by atoms with Crippen LogP contribution < -0.4 is 5.32 Å². The fourth-order valence-electron chi connectivity index (χ4n) is 1.28. The van der Waals surface area contributed by atoms with Gasteiger partial charge in [0.25, 0.3) is 0 Å². The van der Waals surface area contributed by atoms with Gasteiger partial charge in [-0.2, -0.15) is 0 Å². The Morgan fingerprint density at radius 3 is 2.31 bits per heavy atom. The van der Waals surface area contributed by atoms with Gasteiger partial charge in [-0.25, -0.2) is 8.78 Å². The van der Waals surface area contributed by atoms with Crippen molar-refractivity contribution in [1.82, 2.24) is 5.32 Å². The second kappa shape index (κ2) is 5.92. The van der Waals surface area contributed by atoms with E-state index in [1.807, 2.05) is 13.8 Å². The molecular formula is C12H17F2NO. The summed E-state index contributed by atoms with van der Waals surface area (Å²) in [6, 6.07) is 3.77. The molecule has 0 fully saturated rings. The van der Waals surface area contributed by atoms with Gasteiger partial charge in [-0.05, 0) is 18.1 Å². The maximum Gasteiger partial charge on any atom is 0.130 e. The molecule has 1 aromatic rings. The molecule has 0 heterocycles. The van der Waals surface area contributed by atoms with Crippen LogP contribution in [0, 0.1) is 17.6 Å². The number of nitrogens with one attached hydrogen (secondary N) is 1. The number of benzene rings is 1. The molecule has 1 atom stereocenters. The van der Waals surface area contributed by atoms with Gasteiger partial charge in [0.2, 0.25) is 0 Å². The summed E-state index contributed by atoms with van der Waals surface area (Å²) in [5.74, 6) is -1.00. The highest BCUT2D eigenvalue weighted by molar-refractivity contribution is 5.19. The van der Waals surface area contributed by atoms with E-state index in [9.17, 15) is 13.9 Å². The Balaban J connectivity index is 2.49. The molecule has 0 radical (unpaired) electrons. The van der Waals surface area contributed by atoms with E-state index in [0.717, 1.165) is 0 Å². The van der Waals surface area contributed by atoms with Gasteiger partial charge in [-0.1, -0.05) is 19.9 Å². The Morgan fingerprint density at radius 2 is 1.81 bits per heavy atom. The summed E-state index contributed by atoms with van der Waals surface area (Å²) in [4.78, 5) is 0. The standard InChI is InChI=1S/C12H17F2NO/c1-8(2)12(16)7-15-6-9-10(13)4-3-5-11(9)14/h3-5,8,12,15-16H,6-7H2,1-2H3. The molecule has 90 valence electrons. The van der Waals surface area contributed by atoms with Crippen molar-refractivity contribution in [3.05, 3.63) is 35.4 Å². The third kappa shape index (κ3) is 3.54. The van der Waals surface area contributed by atoms with E-state index in [1.54, 1.807) is 0 Å². The van der Waals surface area contributed by atoms with Crippen LogP contribution >= 0.6 is 0 Å². The van der Waals surface area contributed by atoms with Gasteiger partial charge in [-0.3, -0.25) is 0 Å². The van der Waals surface area contributed by atoms with E-state index >= 15 is 0 Å². The SMILES string of the molecule is CC(C)C(O)CNCc1c(F)cccc1F. The van der Waals surface area contributed by atoms with Crippen LogP contribution in [0.3, 0.4) is 0 Å². The van der Waals surface area contributed by atoms with Crippen LogP contribution in [-0.2, 0) is 6.54 Å². The van der Waals surface area contributed by atoms with Crippen LogP contribution in [0.5, 0.6) is 0 Å². The molecule has 1 aromatic carbocycles. The minimum atomic E-state index is -0.563. The zero-order chi connectivity index (χ0) is 12.1. The summed E-state index contributed by atoms with van der Waals surface area (Å²) in [5, 5.41) is 12.3. The molecule has 0 aromatic heterocycles. The number of hydrogen-bond acceptors (Lipinski definition) is 2. The number of rotatable bonds is 5. The second-order valence-corrected chi connectivity index (χ2v) is 4.14. The molecule has 2 nitrogen and oxygen atoms in total. The molecule has 1 rings (SSSR count). The van der Waals surface area contributed by atoms with Crippen molar-refractivity contribution < 1.29 is 13.9 Å². The van der Waals surface area contributed by atoms with E-state index in [1.165, 1.54) is 18.2 Å². The van der Waals surface area contributed by atoms with Crippen LogP contribution in [0.25, 0.3) is 0 Å². The number of aliphatic hydroxyl groups is 1. The zero-order valence-corrected chi connectivity index (χ0v) is 9.50. The predicted molar refractivity (Wildman–Crippen MR) is 58.9 cm³/mol. The van der Waals surface area contributed by atoms with Crippen molar-refractivity contribution in [2.24, 2.45) is 5.92 Å². The quantitative estimate of drug-likeness (QED) is 0.810. The summed E-state index contributed by atoms with van der Waals surface area (Å²) < 4.78 is 26.4. The van der Waals surface area contributed by atoms with E-state index in [2.05, 4.69) is 5.32 Å². The first kappa shape index (κ1) is 13.1. The molecule has 0 aliphatic carbocycles. The first-order chi connectivity index (χ1) is 7.52. The van der Waals surface area contributed by atoms with Crippen molar-refractivity contribution in [3.8, 4) is 0 Å². The fraction of sp³-hybridized carbons (Fsp3) is 0.500. The molecule has 0 spiro atoms. The van der Waals surface area contributed by atoms with Gasteiger partial charge in [0.15, 0.2) is 0 Å². The maximum absolute atomic E-state index is 13.2. The van der Waals surface area contributed by atoms with Crippen LogP contribution in [0.15, 0.2) is 18.2 Å². The highest BCUT2D eigenvalue weighted by Crippen LogP contribution is 2.11. The highest BCUT2D eigenvalue weighted by Gasteiger charge is 2.11. The fourth-order valence-corrected chi connectivity index (χ4v) is 1.28. The van der Waals surface area contributed by atoms with Crippen molar-refractivity contribution in [2.45, 2.75) is 26.5 Å². The minimum Gasteiger partial charge on any atom is -0.392 e. The van der Waals surface area contributed by atoms with Crippen molar-refractivity contribution in [1.29, 1.82) is 0 Å². The smallest absolute Gasteiger partial charge is 0.130 e. The Labute approximate surface area is 94.3 Å². The van der Waals surface area contributed by atoms with Gasteiger partial charge < -0.3 is 10.4 Å². The molecule has 2 N–H and O–H groups in total. The lowest BCUT2D eigenvalue weighted by atomic mass is 10.1. The normalized spacial score (nSPS) is 13.1. The summed E-state index contributed by atoms with van der Waals surface area (Å²) in [5.41, 5.74) is 0.0125. The summed E-state index contributed by atoms with van der Waals surface area (Å²) in [6.45, 7) is 4.18. The van der Waals surface area contributed by atoms with E-state index in [-0.39, 0.29) is 18.0 Å². The minimum absolute atomic E-state index is 0.0125. The highest BCUT2D eigenvalue weighted by atomic mass is 19.1. The molecule has 0 aliphatic rings. The molecule has 16 heavy (non-hydrogen) atoms. The second-order valence-electron chi connectivity index (χ2n) is 4.14. The first-order valence-corrected chi connectivity index (χ1v) is 5.34. The van der Waals surface area contributed by atoms with Gasteiger partial charge >= 0.3 is 0 Å². The molecule has 1 unspecified atom stereocenters. The molecule has 4 heteroatoms. The molecule has 0 saturated carbocycles. The van der Waals surface area contributed by atoms with Gasteiger partial charge in [0.05, 0.1) is 6.10 Å². The Morgan fingerprint density at radius 1 is 1.25 bits per heavy atom. The van der Waals surface area contributed by atoms with Crippen molar-refractivity contribution >= 4 is 0 Å². The van der Waals surface area contributed by atoms with Gasteiger partial charge in [-0.15, -0.1) is 0 Å². The first-order valence-electron chi connectivity index (χ1n) is 5.34. The largest absolute Gasteiger partial charge is 0.392 e. The Hall–Kier alpha value is -1.00. The van der Waals surface area contributed by atoms with E-state index < -0.39 is 17.7 Å². The van der Waals surface area contributed by atoms with E-state index in [0.29, 0.717) is 6.54 Å². The lowest BCUT2D eigenvalue weighted by Crippen LogP contribution is -2.30. The maximum atomic E-state index is 13.2. The Kier molecular flexibility index (Phi) is 4.83. The summed E-state index contributed by atoms with van der Waals surface area (Å²) >= 11 is 0. The lowest BCUT2D eigenvalue weighted by molar-refractivity contribution is 0.123. The van der Waals surface area contributed by atoms with Crippen molar-refractivity contribution in [2.75, 3.05) is 6.54 Å². The predicted octanol–water partition coefficient (Wildman–Crippen LogP) is 2.07. The third-order valence-electron chi connectivity index (χ3n) is 2.49. The molecule has 0 bridgehead atoms. The molecular weight excluding hydrogens is 212 g/mol. The van der Waals surface area contributed by atoms with Gasteiger partial charge in [0.1, 0.15) is 11.6 Å². The third-order valence-corrected chi connectivity index (χ3v) is 2.49. The van der Waals surface area contributed by atoms with Gasteiger partial charge in [0, 0.05) is 18.7 Å². The number of aliphatic hydroxyl groups excluding tert-OH is 1.